The molecule has 1 aliphatic carbocycles. The van der Waals surface area contributed by atoms with Crippen LogP contribution in [0.2, 0.25) is 0 Å². The van der Waals surface area contributed by atoms with Gasteiger partial charge >= 0.3 is 0 Å². The van der Waals surface area contributed by atoms with Crippen LogP contribution in [0.5, 0.6) is 5.75 Å². The van der Waals surface area contributed by atoms with Crippen LogP contribution in [0, 0.1) is 5.92 Å². The van der Waals surface area contributed by atoms with Crippen molar-refractivity contribution in [3.63, 3.8) is 0 Å². The van der Waals surface area contributed by atoms with Crippen LogP contribution >= 0.6 is 0 Å². The van der Waals surface area contributed by atoms with Crippen molar-refractivity contribution in [3.8, 4) is 5.75 Å². The normalized spacial score (nSPS) is 28.1. The molecule has 0 aromatic heterocycles. The zero-order chi connectivity index (χ0) is 13.0. The summed E-state index contributed by atoms with van der Waals surface area (Å²) in [6.07, 6.45) is 6.23. The maximum Gasteiger partial charge on any atom is 0.119 e. The SMILES string of the molecule is CCC1CCCC(O)(Cc2cccc(OC)c2)C1. The fraction of sp³-hybridized carbons (Fsp3) is 0.625. The molecule has 2 rings (SSSR count). The summed E-state index contributed by atoms with van der Waals surface area (Å²) in [5.41, 5.74) is 0.666. The molecule has 1 aromatic carbocycles. The van der Waals surface area contributed by atoms with Gasteiger partial charge in [-0.05, 0) is 36.5 Å². The lowest BCUT2D eigenvalue weighted by Crippen LogP contribution is -2.37. The van der Waals surface area contributed by atoms with Gasteiger partial charge in [-0.1, -0.05) is 38.3 Å². The molecule has 2 heteroatoms. The molecule has 0 bridgehead atoms. The van der Waals surface area contributed by atoms with Gasteiger partial charge in [0.1, 0.15) is 5.75 Å². The number of aliphatic hydroxyl groups is 1. The molecule has 100 valence electrons. The summed E-state index contributed by atoms with van der Waals surface area (Å²) >= 11 is 0. The number of hydrogen-bond donors (Lipinski definition) is 1. The summed E-state index contributed by atoms with van der Waals surface area (Å²) in [6, 6.07) is 8.06. The van der Waals surface area contributed by atoms with E-state index in [1.807, 2.05) is 18.2 Å². The Morgan fingerprint density at radius 2 is 2.28 bits per heavy atom. The third kappa shape index (κ3) is 3.26. The summed E-state index contributed by atoms with van der Waals surface area (Å²) in [4.78, 5) is 0. The predicted octanol–water partition coefficient (Wildman–Crippen LogP) is 3.57. The van der Waals surface area contributed by atoms with Crippen molar-refractivity contribution in [2.75, 3.05) is 7.11 Å². The Labute approximate surface area is 110 Å². The van der Waals surface area contributed by atoms with Crippen LogP contribution in [0.15, 0.2) is 24.3 Å². The number of methoxy groups -OCH3 is 1. The van der Waals surface area contributed by atoms with Crippen LogP contribution in [0.4, 0.5) is 0 Å². The average molecular weight is 248 g/mol. The molecular weight excluding hydrogens is 224 g/mol. The third-order valence-corrected chi connectivity index (χ3v) is 4.17. The molecule has 0 heterocycles. The fourth-order valence-electron chi connectivity index (χ4n) is 3.13. The van der Waals surface area contributed by atoms with E-state index in [0.29, 0.717) is 5.92 Å². The van der Waals surface area contributed by atoms with Gasteiger partial charge in [0.15, 0.2) is 0 Å². The van der Waals surface area contributed by atoms with Crippen molar-refractivity contribution in [2.24, 2.45) is 5.92 Å². The first-order valence-corrected chi connectivity index (χ1v) is 7.00. The van der Waals surface area contributed by atoms with E-state index in [1.165, 1.54) is 18.4 Å². The second-order valence-corrected chi connectivity index (χ2v) is 5.62. The van der Waals surface area contributed by atoms with Crippen molar-refractivity contribution in [1.29, 1.82) is 0 Å². The molecule has 2 atom stereocenters. The number of benzene rings is 1. The second-order valence-electron chi connectivity index (χ2n) is 5.62. The Morgan fingerprint density at radius 1 is 1.44 bits per heavy atom. The van der Waals surface area contributed by atoms with Crippen molar-refractivity contribution < 1.29 is 9.84 Å². The molecule has 0 aliphatic heterocycles. The highest BCUT2D eigenvalue weighted by molar-refractivity contribution is 5.29. The van der Waals surface area contributed by atoms with Crippen molar-refractivity contribution in [2.45, 2.75) is 51.0 Å². The molecule has 1 aromatic rings. The zero-order valence-electron chi connectivity index (χ0n) is 11.5. The first kappa shape index (κ1) is 13.4. The monoisotopic (exact) mass is 248 g/mol. The van der Waals surface area contributed by atoms with Gasteiger partial charge in [-0.25, -0.2) is 0 Å². The topological polar surface area (TPSA) is 29.5 Å². The smallest absolute Gasteiger partial charge is 0.119 e. The summed E-state index contributed by atoms with van der Waals surface area (Å²) in [7, 11) is 1.68. The van der Waals surface area contributed by atoms with Crippen LogP contribution in [0.1, 0.15) is 44.6 Å². The van der Waals surface area contributed by atoms with E-state index in [1.54, 1.807) is 7.11 Å². The van der Waals surface area contributed by atoms with E-state index in [2.05, 4.69) is 13.0 Å². The Hall–Kier alpha value is -1.02. The van der Waals surface area contributed by atoms with Gasteiger partial charge in [0.2, 0.25) is 0 Å². The molecule has 0 radical (unpaired) electrons. The molecule has 2 nitrogen and oxygen atoms in total. The summed E-state index contributed by atoms with van der Waals surface area (Å²) in [6.45, 7) is 2.22. The first-order valence-electron chi connectivity index (χ1n) is 7.00. The largest absolute Gasteiger partial charge is 0.497 e. The zero-order valence-corrected chi connectivity index (χ0v) is 11.5. The van der Waals surface area contributed by atoms with Gasteiger partial charge in [0, 0.05) is 6.42 Å². The Morgan fingerprint density at radius 3 is 3.00 bits per heavy atom. The van der Waals surface area contributed by atoms with E-state index in [-0.39, 0.29) is 0 Å². The molecule has 1 fully saturated rings. The standard InChI is InChI=1S/C16H24O2/c1-3-13-7-5-9-16(17,11-13)12-14-6-4-8-15(10-14)18-2/h4,6,8,10,13,17H,3,5,7,9,11-12H2,1-2H3. The second kappa shape index (κ2) is 5.75. The molecule has 1 aliphatic rings. The minimum atomic E-state index is -0.509. The summed E-state index contributed by atoms with van der Waals surface area (Å²) in [5, 5.41) is 10.7. The minimum absolute atomic E-state index is 0.509. The molecule has 0 amide bonds. The lowest BCUT2D eigenvalue weighted by Gasteiger charge is -2.36. The number of rotatable bonds is 4. The molecular formula is C16H24O2. The van der Waals surface area contributed by atoms with E-state index >= 15 is 0 Å². The van der Waals surface area contributed by atoms with Crippen LogP contribution in [0.3, 0.4) is 0 Å². The maximum atomic E-state index is 10.7. The highest BCUT2D eigenvalue weighted by atomic mass is 16.5. The first-order chi connectivity index (χ1) is 8.65. The van der Waals surface area contributed by atoms with Crippen LogP contribution in [-0.4, -0.2) is 17.8 Å². The molecule has 1 N–H and O–H groups in total. The van der Waals surface area contributed by atoms with Gasteiger partial charge in [0.05, 0.1) is 12.7 Å². The highest BCUT2D eigenvalue weighted by Crippen LogP contribution is 2.36. The van der Waals surface area contributed by atoms with Crippen molar-refractivity contribution in [3.05, 3.63) is 29.8 Å². The van der Waals surface area contributed by atoms with Gasteiger partial charge in [-0.15, -0.1) is 0 Å². The van der Waals surface area contributed by atoms with Crippen LogP contribution < -0.4 is 4.74 Å². The lowest BCUT2D eigenvalue weighted by molar-refractivity contribution is -0.0162. The number of hydrogen-bond acceptors (Lipinski definition) is 2. The fourth-order valence-corrected chi connectivity index (χ4v) is 3.13. The molecule has 18 heavy (non-hydrogen) atoms. The van der Waals surface area contributed by atoms with E-state index in [9.17, 15) is 5.11 Å². The van der Waals surface area contributed by atoms with Crippen molar-refractivity contribution in [1.82, 2.24) is 0 Å². The molecule has 1 saturated carbocycles. The van der Waals surface area contributed by atoms with E-state index in [0.717, 1.165) is 31.4 Å². The van der Waals surface area contributed by atoms with Gasteiger partial charge in [-0.2, -0.15) is 0 Å². The third-order valence-electron chi connectivity index (χ3n) is 4.17. The summed E-state index contributed by atoms with van der Waals surface area (Å²) < 4.78 is 5.24. The van der Waals surface area contributed by atoms with Crippen molar-refractivity contribution >= 4 is 0 Å². The predicted molar refractivity (Wildman–Crippen MR) is 73.9 cm³/mol. The number of ether oxygens (including phenoxy) is 1. The lowest BCUT2D eigenvalue weighted by atomic mass is 9.74. The van der Waals surface area contributed by atoms with Gasteiger partial charge in [-0.3, -0.25) is 0 Å². The summed E-state index contributed by atoms with van der Waals surface area (Å²) in [5.74, 6) is 1.56. The molecule has 0 saturated heterocycles. The van der Waals surface area contributed by atoms with E-state index in [4.69, 9.17) is 4.74 Å². The van der Waals surface area contributed by atoms with Gasteiger partial charge in [0.25, 0.3) is 0 Å². The Kier molecular flexibility index (Phi) is 4.28. The average Bonchev–Trinajstić information content (AvgIpc) is 2.38. The van der Waals surface area contributed by atoms with Crippen LogP contribution in [-0.2, 0) is 6.42 Å². The van der Waals surface area contributed by atoms with Crippen LogP contribution in [0.25, 0.3) is 0 Å². The maximum absolute atomic E-state index is 10.7. The highest BCUT2D eigenvalue weighted by Gasteiger charge is 2.33. The Bertz CT molecular complexity index is 388. The van der Waals surface area contributed by atoms with E-state index < -0.39 is 5.60 Å². The minimum Gasteiger partial charge on any atom is -0.497 e. The molecule has 2 unspecified atom stereocenters. The Balaban J connectivity index is 2.06. The molecule has 0 spiro atoms. The van der Waals surface area contributed by atoms with Gasteiger partial charge < -0.3 is 9.84 Å². The quantitative estimate of drug-likeness (QED) is 0.882.